The number of rotatable bonds is 4. The van der Waals surface area contributed by atoms with Crippen molar-refractivity contribution in [2.24, 2.45) is 5.73 Å². The Morgan fingerprint density at radius 2 is 2.00 bits per heavy atom. The third-order valence-corrected chi connectivity index (χ3v) is 5.64. The maximum Gasteiger partial charge on any atom is 0.269 e. The van der Waals surface area contributed by atoms with Crippen molar-refractivity contribution in [2.75, 3.05) is 4.83 Å². The number of sulfonamides is 1. The fraction of sp³-hybridized carbons (Fsp3) is 0.333. The number of aryl methyl sites for hydroxylation is 1. The number of nitrogens with zero attached hydrogens (tertiary/aromatic N) is 2. The second-order valence-corrected chi connectivity index (χ2v) is 8.01. The number of amides is 1. The molecule has 1 aromatic carbocycles. The minimum absolute atomic E-state index is 0.112. The van der Waals surface area contributed by atoms with Crippen LogP contribution < -0.4 is 10.6 Å². The summed E-state index contributed by atoms with van der Waals surface area (Å²) in [5, 5.41) is 3.48. The van der Waals surface area contributed by atoms with Gasteiger partial charge in [0.05, 0.1) is 10.9 Å². The minimum atomic E-state index is -3.60. The summed E-state index contributed by atoms with van der Waals surface area (Å²) >= 11 is 0. The van der Waals surface area contributed by atoms with Crippen molar-refractivity contribution in [3.63, 3.8) is 0 Å². The third kappa shape index (κ3) is 2.59. The molecule has 0 aliphatic heterocycles. The van der Waals surface area contributed by atoms with Crippen LogP contribution in [0.1, 0.15) is 35.5 Å². The lowest BCUT2D eigenvalue weighted by atomic mass is 9.89. The number of benzene rings is 1. The van der Waals surface area contributed by atoms with E-state index in [2.05, 4.69) is 9.93 Å². The van der Waals surface area contributed by atoms with Gasteiger partial charge in [0.15, 0.2) is 5.69 Å². The smallest absolute Gasteiger partial charge is 0.269 e. The number of fused-ring (bicyclic) bond motifs is 3. The first-order valence-electron chi connectivity index (χ1n) is 7.33. The molecule has 1 aromatic heterocycles. The first-order valence-corrected chi connectivity index (χ1v) is 8.87. The van der Waals surface area contributed by atoms with E-state index < -0.39 is 21.2 Å². The Morgan fingerprint density at radius 3 is 2.65 bits per heavy atom. The van der Waals surface area contributed by atoms with Crippen LogP contribution in [0.15, 0.2) is 24.3 Å². The van der Waals surface area contributed by atoms with Gasteiger partial charge in [0.2, 0.25) is 10.0 Å². The molecule has 3 rings (SSSR count). The van der Waals surface area contributed by atoms with Crippen molar-refractivity contribution in [3.8, 4) is 11.3 Å². The van der Waals surface area contributed by atoms with E-state index in [1.165, 1.54) is 4.79 Å². The molecular weight excluding hydrogens is 316 g/mol. The normalized spacial score (nSPS) is 13.5. The number of nitrogens with two attached hydrogens (primary N) is 1. The first-order chi connectivity index (χ1) is 10.8. The molecule has 122 valence electrons. The highest BCUT2D eigenvalue weighted by molar-refractivity contribution is 7.92. The first kappa shape index (κ1) is 15.5. The molecule has 1 aliphatic carbocycles. The molecule has 2 aromatic rings. The highest BCUT2D eigenvalue weighted by Gasteiger charge is 2.29. The van der Waals surface area contributed by atoms with E-state index >= 15 is 0 Å². The average molecular weight is 334 g/mol. The van der Waals surface area contributed by atoms with Gasteiger partial charge in [0.25, 0.3) is 5.91 Å². The molecule has 3 N–H and O–H groups in total. The molecule has 0 saturated carbocycles. The fourth-order valence-corrected chi connectivity index (χ4v) is 3.27. The van der Waals surface area contributed by atoms with E-state index in [9.17, 15) is 13.2 Å². The van der Waals surface area contributed by atoms with Crippen LogP contribution in [0.3, 0.4) is 0 Å². The highest BCUT2D eigenvalue weighted by atomic mass is 32.2. The van der Waals surface area contributed by atoms with Gasteiger partial charge in [0, 0.05) is 11.1 Å². The Balaban J connectivity index is 2.21. The van der Waals surface area contributed by atoms with Crippen molar-refractivity contribution >= 4 is 15.9 Å². The van der Waals surface area contributed by atoms with Crippen LogP contribution in [0.4, 0.5) is 0 Å². The summed E-state index contributed by atoms with van der Waals surface area (Å²) in [6, 6.07) is 7.67. The molecular formula is C15H18N4O3S. The molecule has 1 aliphatic rings. The second kappa shape index (κ2) is 5.38. The summed E-state index contributed by atoms with van der Waals surface area (Å²) in [6.07, 6.45) is 1.35. The number of carbonyl (C=O) groups excluding carboxylic acids is 1. The van der Waals surface area contributed by atoms with Crippen molar-refractivity contribution in [2.45, 2.75) is 31.9 Å². The number of nitrogens with one attached hydrogen (secondary N) is 1. The predicted molar refractivity (Wildman–Crippen MR) is 87.0 cm³/mol. The Bertz CT molecular complexity index is 884. The van der Waals surface area contributed by atoms with Gasteiger partial charge in [0.1, 0.15) is 0 Å². The van der Waals surface area contributed by atoms with Gasteiger partial charge in [-0.3, -0.25) is 4.79 Å². The molecule has 0 atom stereocenters. The highest BCUT2D eigenvalue weighted by Crippen LogP contribution is 2.34. The summed E-state index contributed by atoms with van der Waals surface area (Å²) in [5.74, 6) is -0.664. The second-order valence-electron chi connectivity index (χ2n) is 5.79. The van der Waals surface area contributed by atoms with Gasteiger partial charge in [-0.25, -0.2) is 13.2 Å². The van der Waals surface area contributed by atoms with E-state index in [1.807, 2.05) is 24.3 Å². The van der Waals surface area contributed by atoms with E-state index in [0.717, 1.165) is 17.5 Å². The summed E-state index contributed by atoms with van der Waals surface area (Å²) in [7, 11) is -3.60. The van der Waals surface area contributed by atoms with E-state index in [1.54, 1.807) is 13.8 Å². The monoisotopic (exact) mass is 334 g/mol. The van der Waals surface area contributed by atoms with E-state index in [4.69, 9.17) is 5.73 Å². The van der Waals surface area contributed by atoms with Crippen LogP contribution in [0, 0.1) is 0 Å². The molecule has 0 radical (unpaired) electrons. The molecule has 0 fully saturated rings. The molecule has 0 spiro atoms. The largest absolute Gasteiger partial charge is 0.364 e. The van der Waals surface area contributed by atoms with Crippen LogP contribution >= 0.6 is 0 Å². The van der Waals surface area contributed by atoms with Gasteiger partial charge in [-0.2, -0.15) is 4.79 Å². The molecule has 1 amide bonds. The van der Waals surface area contributed by atoms with Gasteiger partial charge in [-0.1, -0.05) is 24.3 Å². The Hall–Kier alpha value is -2.35. The zero-order chi connectivity index (χ0) is 16.8. The van der Waals surface area contributed by atoms with Crippen molar-refractivity contribution in [1.82, 2.24) is 9.89 Å². The van der Waals surface area contributed by atoms with Crippen LogP contribution in [0.2, 0.25) is 0 Å². The lowest BCUT2D eigenvalue weighted by Gasteiger charge is -2.19. The topological polar surface area (TPSA) is 107 Å². The van der Waals surface area contributed by atoms with E-state index in [0.29, 0.717) is 17.7 Å². The van der Waals surface area contributed by atoms with Crippen molar-refractivity contribution in [3.05, 3.63) is 41.1 Å². The Morgan fingerprint density at radius 1 is 1.30 bits per heavy atom. The van der Waals surface area contributed by atoms with Gasteiger partial charge >= 0.3 is 0 Å². The molecule has 1 heterocycles. The fourth-order valence-electron chi connectivity index (χ4n) is 2.68. The quantitative estimate of drug-likeness (QED) is 0.870. The SMILES string of the molecule is CC(C)S(=O)(=O)Nn1nc(C(N)=O)c2c1-c1ccccc1CC2. The zero-order valence-electron chi connectivity index (χ0n) is 12.9. The standard InChI is InChI=1S/C15H18N4O3S/c1-9(2)23(21,22)18-19-14-11-6-4-3-5-10(11)7-8-12(14)13(17-19)15(16)20/h3-6,9,18H,7-8H2,1-2H3,(H2,16,20). The van der Waals surface area contributed by atoms with Crippen LogP contribution in [-0.4, -0.2) is 29.5 Å². The van der Waals surface area contributed by atoms with Gasteiger partial charge in [-0.15, -0.1) is 5.10 Å². The molecule has 23 heavy (non-hydrogen) atoms. The van der Waals surface area contributed by atoms with Gasteiger partial charge < -0.3 is 5.73 Å². The van der Waals surface area contributed by atoms with Crippen molar-refractivity contribution < 1.29 is 13.2 Å². The number of hydrogen-bond donors (Lipinski definition) is 2. The zero-order valence-corrected chi connectivity index (χ0v) is 13.7. The summed E-state index contributed by atoms with van der Waals surface area (Å²) in [5.41, 5.74) is 8.73. The Kier molecular flexibility index (Phi) is 3.63. The minimum Gasteiger partial charge on any atom is -0.364 e. The van der Waals surface area contributed by atoms with Crippen LogP contribution in [0.5, 0.6) is 0 Å². The van der Waals surface area contributed by atoms with Crippen molar-refractivity contribution in [1.29, 1.82) is 0 Å². The third-order valence-electron chi connectivity index (χ3n) is 3.97. The van der Waals surface area contributed by atoms with Crippen LogP contribution in [-0.2, 0) is 22.9 Å². The molecule has 0 saturated heterocycles. The van der Waals surface area contributed by atoms with E-state index in [-0.39, 0.29) is 5.69 Å². The Labute approximate surface area is 134 Å². The van der Waals surface area contributed by atoms with Crippen LogP contribution in [0.25, 0.3) is 11.3 Å². The number of primary amides is 1. The maximum absolute atomic E-state index is 12.2. The summed E-state index contributed by atoms with van der Waals surface area (Å²) < 4.78 is 24.4. The number of aromatic nitrogens is 2. The summed E-state index contributed by atoms with van der Waals surface area (Å²) in [6.45, 7) is 3.14. The summed E-state index contributed by atoms with van der Waals surface area (Å²) in [4.78, 5) is 15.3. The molecule has 7 nitrogen and oxygen atoms in total. The predicted octanol–water partition coefficient (Wildman–Crippen LogP) is 1.03. The molecule has 0 unspecified atom stereocenters. The molecule has 8 heteroatoms. The maximum atomic E-state index is 12.2. The lowest BCUT2D eigenvalue weighted by Crippen LogP contribution is -2.31. The lowest BCUT2D eigenvalue weighted by molar-refractivity contribution is 0.0994. The number of hydrogen-bond acceptors (Lipinski definition) is 4. The number of carbonyl (C=O) groups is 1. The van der Waals surface area contributed by atoms with Gasteiger partial charge in [-0.05, 0) is 32.3 Å². The molecule has 0 bridgehead atoms. The average Bonchev–Trinajstić information content (AvgIpc) is 2.86.